The van der Waals surface area contributed by atoms with Gasteiger partial charge in [0, 0.05) is 10.0 Å². The van der Waals surface area contributed by atoms with Crippen molar-refractivity contribution in [2.24, 2.45) is 0 Å². The lowest BCUT2D eigenvalue weighted by molar-refractivity contribution is 0.0607. The van der Waals surface area contributed by atoms with E-state index < -0.39 is 5.97 Å². The number of nitrogens with zero attached hydrogens (tertiary/aromatic N) is 1. The molecule has 0 saturated carbocycles. The summed E-state index contributed by atoms with van der Waals surface area (Å²) in [6, 6.07) is 7.49. The zero-order chi connectivity index (χ0) is 12.4. The lowest BCUT2D eigenvalue weighted by atomic mass is 10.1. The Morgan fingerprint density at radius 1 is 1.41 bits per heavy atom. The van der Waals surface area contributed by atoms with Gasteiger partial charge >= 0.3 is 5.97 Å². The third-order valence-corrected chi connectivity index (χ3v) is 3.53. The molecule has 0 saturated heterocycles. The molecule has 0 atom stereocenters. The number of halogens is 1. The van der Waals surface area contributed by atoms with E-state index in [9.17, 15) is 4.79 Å². The standard InChI is InChI=1S/C11H9BrN2O2S/c1-16-10(15)9-8(14-11(13)17-9)6-2-4-7(12)5-3-6/h2-5H,1H3,(H2,13,14). The SMILES string of the molecule is COC(=O)c1sc(N)nc1-c1ccc(Br)cc1. The van der Waals surface area contributed by atoms with Gasteiger partial charge < -0.3 is 10.5 Å². The normalized spacial score (nSPS) is 10.2. The number of rotatable bonds is 2. The molecule has 4 nitrogen and oxygen atoms in total. The molecule has 0 aliphatic carbocycles. The Hall–Kier alpha value is -1.40. The Bertz CT molecular complexity index is 551. The van der Waals surface area contributed by atoms with Gasteiger partial charge in [0.05, 0.1) is 12.8 Å². The van der Waals surface area contributed by atoms with Crippen LogP contribution in [0.4, 0.5) is 5.13 Å². The molecule has 2 rings (SSSR count). The van der Waals surface area contributed by atoms with Crippen molar-refractivity contribution in [1.82, 2.24) is 4.98 Å². The van der Waals surface area contributed by atoms with E-state index in [1.807, 2.05) is 24.3 Å². The first-order chi connectivity index (χ1) is 8.11. The first kappa shape index (κ1) is 12.1. The number of esters is 1. The highest BCUT2D eigenvalue weighted by atomic mass is 79.9. The number of aromatic nitrogens is 1. The van der Waals surface area contributed by atoms with E-state index in [0.29, 0.717) is 15.7 Å². The van der Waals surface area contributed by atoms with Crippen molar-refractivity contribution in [2.75, 3.05) is 12.8 Å². The number of benzene rings is 1. The summed E-state index contributed by atoms with van der Waals surface area (Å²) in [5.41, 5.74) is 7.03. The Morgan fingerprint density at radius 3 is 2.65 bits per heavy atom. The van der Waals surface area contributed by atoms with Crippen LogP contribution in [0.1, 0.15) is 9.67 Å². The zero-order valence-corrected chi connectivity index (χ0v) is 11.3. The molecule has 0 radical (unpaired) electrons. The maximum Gasteiger partial charge on any atom is 0.350 e. The topological polar surface area (TPSA) is 65.2 Å². The van der Waals surface area contributed by atoms with Gasteiger partial charge in [-0.25, -0.2) is 9.78 Å². The summed E-state index contributed by atoms with van der Waals surface area (Å²) in [5.74, 6) is -0.419. The molecule has 0 aliphatic rings. The quantitative estimate of drug-likeness (QED) is 0.866. The van der Waals surface area contributed by atoms with Gasteiger partial charge in [-0.15, -0.1) is 0 Å². The van der Waals surface area contributed by atoms with Crippen molar-refractivity contribution in [3.63, 3.8) is 0 Å². The number of ether oxygens (including phenoxy) is 1. The van der Waals surface area contributed by atoms with Crippen LogP contribution in [0.5, 0.6) is 0 Å². The summed E-state index contributed by atoms with van der Waals surface area (Å²) in [6.07, 6.45) is 0. The van der Waals surface area contributed by atoms with E-state index in [4.69, 9.17) is 10.5 Å². The molecule has 1 heterocycles. The van der Waals surface area contributed by atoms with Crippen molar-refractivity contribution in [3.05, 3.63) is 33.6 Å². The minimum absolute atomic E-state index is 0.350. The molecular weight excluding hydrogens is 304 g/mol. The highest BCUT2D eigenvalue weighted by Gasteiger charge is 2.18. The molecule has 17 heavy (non-hydrogen) atoms. The number of methoxy groups -OCH3 is 1. The van der Waals surface area contributed by atoms with Crippen molar-refractivity contribution in [1.29, 1.82) is 0 Å². The molecule has 0 aliphatic heterocycles. The van der Waals surface area contributed by atoms with Gasteiger partial charge in [0.15, 0.2) is 5.13 Å². The fourth-order valence-corrected chi connectivity index (χ4v) is 2.41. The van der Waals surface area contributed by atoms with Crippen molar-refractivity contribution < 1.29 is 9.53 Å². The highest BCUT2D eigenvalue weighted by Crippen LogP contribution is 2.30. The van der Waals surface area contributed by atoms with E-state index in [1.54, 1.807) is 0 Å². The van der Waals surface area contributed by atoms with Gasteiger partial charge in [-0.3, -0.25) is 0 Å². The number of nitrogen functional groups attached to an aromatic ring is 1. The maximum absolute atomic E-state index is 11.6. The van der Waals surface area contributed by atoms with Gasteiger partial charge in [0.2, 0.25) is 0 Å². The second-order valence-electron chi connectivity index (χ2n) is 3.23. The third kappa shape index (κ3) is 2.48. The minimum Gasteiger partial charge on any atom is -0.465 e. The molecule has 0 unspecified atom stereocenters. The fourth-order valence-electron chi connectivity index (χ4n) is 1.37. The van der Waals surface area contributed by atoms with E-state index in [0.717, 1.165) is 21.4 Å². The maximum atomic E-state index is 11.6. The fraction of sp³-hybridized carbons (Fsp3) is 0.0909. The Balaban J connectivity index is 2.51. The van der Waals surface area contributed by atoms with Crippen molar-refractivity contribution in [2.45, 2.75) is 0 Å². The van der Waals surface area contributed by atoms with Gasteiger partial charge in [-0.2, -0.15) is 0 Å². The number of thiazole rings is 1. The lowest BCUT2D eigenvalue weighted by Gasteiger charge is -2.00. The smallest absolute Gasteiger partial charge is 0.350 e. The second-order valence-corrected chi connectivity index (χ2v) is 5.17. The van der Waals surface area contributed by atoms with Crippen molar-refractivity contribution in [3.8, 4) is 11.3 Å². The minimum atomic E-state index is -0.419. The zero-order valence-electron chi connectivity index (χ0n) is 8.94. The van der Waals surface area contributed by atoms with E-state index >= 15 is 0 Å². The number of anilines is 1. The molecule has 2 aromatic rings. The summed E-state index contributed by atoms with van der Waals surface area (Å²) in [7, 11) is 1.34. The first-order valence-corrected chi connectivity index (χ1v) is 6.33. The third-order valence-electron chi connectivity index (χ3n) is 2.13. The molecule has 1 aromatic carbocycles. The lowest BCUT2D eigenvalue weighted by Crippen LogP contribution is -2.00. The van der Waals surface area contributed by atoms with Crippen LogP contribution < -0.4 is 5.73 Å². The first-order valence-electron chi connectivity index (χ1n) is 4.72. The molecule has 2 N–H and O–H groups in total. The van der Waals surface area contributed by atoms with Crippen LogP contribution in [0, 0.1) is 0 Å². The van der Waals surface area contributed by atoms with Crippen LogP contribution in [0.3, 0.4) is 0 Å². The molecule has 0 fully saturated rings. The van der Waals surface area contributed by atoms with Crippen LogP contribution in [0.2, 0.25) is 0 Å². The number of carbonyl (C=O) groups is 1. The summed E-state index contributed by atoms with van der Waals surface area (Å²) in [4.78, 5) is 16.2. The van der Waals surface area contributed by atoms with Gasteiger partial charge in [0.25, 0.3) is 0 Å². The van der Waals surface area contributed by atoms with Crippen LogP contribution in [-0.4, -0.2) is 18.1 Å². The number of carbonyl (C=O) groups excluding carboxylic acids is 1. The Labute approximate surface area is 111 Å². The molecule has 88 valence electrons. The molecule has 0 amide bonds. The number of hydrogen-bond donors (Lipinski definition) is 1. The van der Waals surface area contributed by atoms with Crippen LogP contribution in [-0.2, 0) is 4.74 Å². The van der Waals surface area contributed by atoms with Crippen LogP contribution in [0.15, 0.2) is 28.7 Å². The van der Waals surface area contributed by atoms with Gasteiger partial charge in [-0.05, 0) is 12.1 Å². The predicted octanol–water partition coefficient (Wildman–Crippen LogP) is 2.94. The van der Waals surface area contributed by atoms with E-state index in [-0.39, 0.29) is 0 Å². The Kier molecular flexibility index (Phi) is 3.44. The average molecular weight is 313 g/mol. The number of hydrogen-bond acceptors (Lipinski definition) is 5. The summed E-state index contributed by atoms with van der Waals surface area (Å²) < 4.78 is 5.66. The highest BCUT2D eigenvalue weighted by molar-refractivity contribution is 9.10. The van der Waals surface area contributed by atoms with E-state index in [1.165, 1.54) is 7.11 Å². The number of nitrogens with two attached hydrogens (primary N) is 1. The van der Waals surface area contributed by atoms with Gasteiger partial charge in [0.1, 0.15) is 4.88 Å². The average Bonchev–Trinajstić information content (AvgIpc) is 2.71. The monoisotopic (exact) mass is 312 g/mol. The van der Waals surface area contributed by atoms with Crippen LogP contribution in [0.25, 0.3) is 11.3 Å². The second kappa shape index (κ2) is 4.85. The molecule has 0 bridgehead atoms. The van der Waals surface area contributed by atoms with E-state index in [2.05, 4.69) is 20.9 Å². The summed E-state index contributed by atoms with van der Waals surface area (Å²) >= 11 is 4.48. The molecule has 1 aromatic heterocycles. The summed E-state index contributed by atoms with van der Waals surface area (Å²) in [5, 5.41) is 0.350. The van der Waals surface area contributed by atoms with Crippen molar-refractivity contribution >= 4 is 38.4 Å². The van der Waals surface area contributed by atoms with Crippen LogP contribution >= 0.6 is 27.3 Å². The summed E-state index contributed by atoms with van der Waals surface area (Å²) in [6.45, 7) is 0. The van der Waals surface area contributed by atoms with Gasteiger partial charge in [-0.1, -0.05) is 39.4 Å². The predicted molar refractivity (Wildman–Crippen MR) is 71.0 cm³/mol. The largest absolute Gasteiger partial charge is 0.465 e. The molecule has 0 spiro atoms. The Morgan fingerprint density at radius 2 is 2.06 bits per heavy atom. The molecular formula is C11H9BrN2O2S. The molecule has 6 heteroatoms.